The van der Waals surface area contributed by atoms with E-state index in [4.69, 9.17) is 20.4 Å². The molecule has 6 heteroatoms. The molecule has 2 rings (SSSR count). The maximum Gasteiger partial charge on any atom is 0.156 e. The Kier molecular flexibility index (Phi) is 6.26. The van der Waals surface area contributed by atoms with E-state index in [0.717, 1.165) is 21.5 Å². The lowest BCUT2D eigenvalue weighted by atomic mass is 10.1. The molecule has 0 fully saturated rings. The molecule has 0 unspecified atom stereocenters. The normalized spacial score (nSPS) is 11.7. The standard InChI is InChI=1S/C16H16O4Si2/c17-15(18)21-13-7-3-11(4-8-13)1-2-12-5-9-14(10-6-12)22-16(19)20/h1-10,15-20H/b2-1+. The highest BCUT2D eigenvalue weighted by Crippen LogP contribution is 2.06. The summed E-state index contributed by atoms with van der Waals surface area (Å²) in [4.78, 5) is 0. The fourth-order valence-corrected chi connectivity index (χ4v) is 3.19. The van der Waals surface area contributed by atoms with Gasteiger partial charge in [-0.05, 0) is 11.1 Å². The van der Waals surface area contributed by atoms with Crippen molar-refractivity contribution in [3.8, 4) is 0 Å². The molecule has 4 nitrogen and oxygen atoms in total. The summed E-state index contributed by atoms with van der Waals surface area (Å²) in [6, 6.07) is 15.2. The molecular weight excluding hydrogens is 312 g/mol. The van der Waals surface area contributed by atoms with Gasteiger partial charge in [0, 0.05) is 0 Å². The summed E-state index contributed by atoms with van der Waals surface area (Å²) in [7, 11) is -0.0496. The number of hydrogen-bond donors (Lipinski definition) is 4. The third-order valence-electron chi connectivity index (χ3n) is 2.88. The van der Waals surface area contributed by atoms with Crippen molar-refractivity contribution in [1.82, 2.24) is 0 Å². The van der Waals surface area contributed by atoms with Gasteiger partial charge in [0.15, 0.2) is 19.0 Å². The predicted octanol–water partition coefficient (Wildman–Crippen LogP) is -0.948. The quantitative estimate of drug-likeness (QED) is 0.313. The molecule has 0 bridgehead atoms. The van der Waals surface area contributed by atoms with Crippen LogP contribution in [-0.2, 0) is 0 Å². The molecule has 4 N–H and O–H groups in total. The van der Waals surface area contributed by atoms with Gasteiger partial charge in [0.1, 0.15) is 11.8 Å². The molecule has 112 valence electrons. The van der Waals surface area contributed by atoms with Crippen molar-refractivity contribution in [2.75, 3.05) is 0 Å². The van der Waals surface area contributed by atoms with E-state index in [-0.39, 0.29) is 19.0 Å². The molecular formula is C16H16O4Si2. The monoisotopic (exact) mass is 328 g/mol. The molecule has 0 aliphatic carbocycles. The molecule has 2 aromatic carbocycles. The molecule has 0 heterocycles. The molecule has 0 spiro atoms. The van der Waals surface area contributed by atoms with E-state index in [1.807, 2.05) is 60.7 Å². The number of benzene rings is 2. The second-order valence-electron chi connectivity index (χ2n) is 4.61. The van der Waals surface area contributed by atoms with E-state index < -0.39 is 11.8 Å². The summed E-state index contributed by atoms with van der Waals surface area (Å²) in [5.74, 6) is -2.59. The van der Waals surface area contributed by atoms with Gasteiger partial charge in [0.25, 0.3) is 0 Å². The maximum atomic E-state index is 8.93. The zero-order chi connectivity index (χ0) is 15.9. The first-order chi connectivity index (χ1) is 10.5. The van der Waals surface area contributed by atoms with Crippen LogP contribution in [0.15, 0.2) is 48.5 Å². The van der Waals surface area contributed by atoms with Gasteiger partial charge in [-0.15, -0.1) is 0 Å². The molecule has 0 saturated heterocycles. The average molecular weight is 328 g/mol. The molecule has 0 aliphatic heterocycles. The van der Waals surface area contributed by atoms with E-state index in [0.29, 0.717) is 0 Å². The van der Waals surface area contributed by atoms with Gasteiger partial charge >= 0.3 is 0 Å². The highest BCUT2D eigenvalue weighted by atomic mass is 28.2. The Hall–Kier alpha value is -1.55. The second-order valence-corrected chi connectivity index (χ2v) is 7.38. The van der Waals surface area contributed by atoms with Crippen molar-refractivity contribution in [3.05, 3.63) is 59.7 Å². The van der Waals surface area contributed by atoms with Crippen LogP contribution in [-0.4, -0.2) is 51.3 Å². The minimum Gasteiger partial charge on any atom is -0.372 e. The minimum absolute atomic E-state index is 0.0248. The lowest BCUT2D eigenvalue weighted by Crippen LogP contribution is -2.27. The Balaban J connectivity index is 1.99. The van der Waals surface area contributed by atoms with E-state index in [1.165, 1.54) is 0 Å². The van der Waals surface area contributed by atoms with Gasteiger partial charge in [-0.1, -0.05) is 71.1 Å². The van der Waals surface area contributed by atoms with Gasteiger partial charge < -0.3 is 20.4 Å². The van der Waals surface area contributed by atoms with Gasteiger partial charge in [0.2, 0.25) is 0 Å². The second kappa shape index (κ2) is 8.18. The fourth-order valence-electron chi connectivity index (χ4n) is 1.87. The zero-order valence-corrected chi connectivity index (χ0v) is 13.7. The summed E-state index contributed by atoms with van der Waals surface area (Å²) < 4.78 is 0. The van der Waals surface area contributed by atoms with Crippen molar-refractivity contribution in [2.45, 2.75) is 11.8 Å². The first-order valence-electron chi connectivity index (χ1n) is 6.66. The average Bonchev–Trinajstić information content (AvgIpc) is 2.47. The first-order valence-corrected chi connectivity index (χ1v) is 8.82. The van der Waals surface area contributed by atoms with Crippen LogP contribution >= 0.6 is 0 Å². The molecule has 0 atom stereocenters. The largest absolute Gasteiger partial charge is 0.372 e. The summed E-state index contributed by atoms with van der Waals surface area (Å²) in [6.07, 6.45) is 3.95. The van der Waals surface area contributed by atoms with Crippen molar-refractivity contribution < 1.29 is 20.4 Å². The fraction of sp³-hybridized carbons (Fsp3) is 0.125. The van der Waals surface area contributed by atoms with Crippen molar-refractivity contribution in [1.29, 1.82) is 0 Å². The summed E-state index contributed by atoms with van der Waals surface area (Å²) >= 11 is 0. The van der Waals surface area contributed by atoms with Crippen LogP contribution in [0, 0.1) is 0 Å². The van der Waals surface area contributed by atoms with Crippen LogP contribution in [0.3, 0.4) is 0 Å². The number of aliphatic hydroxyl groups excluding tert-OH is 2. The van der Waals surface area contributed by atoms with Gasteiger partial charge in [0.05, 0.1) is 0 Å². The van der Waals surface area contributed by atoms with Gasteiger partial charge in [-0.2, -0.15) is 0 Å². The number of rotatable bonds is 6. The number of aliphatic hydroxyl groups is 4. The molecule has 22 heavy (non-hydrogen) atoms. The molecule has 0 amide bonds. The topological polar surface area (TPSA) is 80.9 Å². The van der Waals surface area contributed by atoms with Crippen LogP contribution < -0.4 is 10.4 Å². The third-order valence-corrected chi connectivity index (χ3v) is 4.73. The van der Waals surface area contributed by atoms with E-state index in [9.17, 15) is 0 Å². The summed E-state index contributed by atoms with van der Waals surface area (Å²) in [5.41, 5.74) is 2.05. The molecule has 4 radical (unpaired) electrons. The summed E-state index contributed by atoms with van der Waals surface area (Å²) in [6.45, 7) is 0. The minimum atomic E-state index is -1.29. The Bertz CT molecular complexity index is 552. The molecule has 0 aliphatic rings. The maximum absolute atomic E-state index is 8.93. The van der Waals surface area contributed by atoms with Gasteiger partial charge in [-0.3, -0.25) is 0 Å². The van der Waals surface area contributed by atoms with Crippen LogP contribution in [0.1, 0.15) is 11.1 Å². The molecule has 0 aromatic heterocycles. The molecule has 2 aromatic rings. The Morgan fingerprint density at radius 1 is 0.591 bits per heavy atom. The lowest BCUT2D eigenvalue weighted by molar-refractivity contribution is 0.0298. The first kappa shape index (κ1) is 16.8. The van der Waals surface area contributed by atoms with E-state index in [2.05, 4.69) is 0 Å². The summed E-state index contributed by atoms with van der Waals surface area (Å²) in [5, 5.41) is 37.5. The SMILES string of the molecule is OC(O)[Si]c1ccc(/C=C/c2ccc([Si]C(O)O)cc2)cc1. The van der Waals surface area contributed by atoms with E-state index in [1.54, 1.807) is 0 Å². The third kappa shape index (κ3) is 5.68. The van der Waals surface area contributed by atoms with Crippen LogP contribution in [0.4, 0.5) is 0 Å². The van der Waals surface area contributed by atoms with Crippen LogP contribution in [0.2, 0.25) is 0 Å². The van der Waals surface area contributed by atoms with Gasteiger partial charge in [-0.25, -0.2) is 0 Å². The lowest BCUT2D eigenvalue weighted by Gasteiger charge is -2.03. The van der Waals surface area contributed by atoms with Crippen molar-refractivity contribution in [2.24, 2.45) is 0 Å². The predicted molar refractivity (Wildman–Crippen MR) is 89.0 cm³/mol. The number of hydrogen-bond acceptors (Lipinski definition) is 4. The van der Waals surface area contributed by atoms with E-state index >= 15 is 0 Å². The Morgan fingerprint density at radius 3 is 1.18 bits per heavy atom. The Morgan fingerprint density at radius 2 is 0.909 bits per heavy atom. The molecule has 0 saturated carbocycles. The smallest absolute Gasteiger partial charge is 0.156 e. The highest BCUT2D eigenvalue weighted by Gasteiger charge is 2.02. The van der Waals surface area contributed by atoms with Crippen LogP contribution in [0.5, 0.6) is 0 Å². The van der Waals surface area contributed by atoms with Crippen molar-refractivity contribution in [3.63, 3.8) is 0 Å². The van der Waals surface area contributed by atoms with Crippen LogP contribution in [0.25, 0.3) is 12.2 Å². The van der Waals surface area contributed by atoms with Crippen molar-refractivity contribution >= 4 is 41.6 Å². The zero-order valence-electron chi connectivity index (χ0n) is 11.7. The Labute approximate surface area is 134 Å². The highest BCUT2D eigenvalue weighted by molar-refractivity contribution is 6.54.